The maximum atomic E-state index is 9.89. The quantitative estimate of drug-likeness (QED) is 0.446. The average molecular weight is 152 g/mol. The fourth-order valence-electron chi connectivity index (χ4n) is 0.420. The largest absolute Gasteiger partial charge is 0.760 e. The van der Waals surface area contributed by atoms with Crippen LogP contribution in [0.25, 0.3) is 0 Å². The first kappa shape index (κ1) is 9.03. The molecule has 2 atom stereocenters. The molecular weight excluding hydrogens is 142 g/mol. The SMILES string of the molecule is CCOC(C)NS(=O)[O-]. The normalized spacial score (nSPS) is 17.2. The predicted octanol–water partition coefficient (Wildman–Crippen LogP) is -0.247. The van der Waals surface area contributed by atoms with Crippen LogP contribution in [0.15, 0.2) is 0 Å². The molecule has 0 aromatic rings. The summed E-state index contributed by atoms with van der Waals surface area (Å²) >= 11 is -2.22. The van der Waals surface area contributed by atoms with Gasteiger partial charge in [-0.1, -0.05) is 0 Å². The van der Waals surface area contributed by atoms with E-state index < -0.39 is 17.5 Å². The van der Waals surface area contributed by atoms with Crippen LogP contribution < -0.4 is 4.72 Å². The molecule has 0 aliphatic heterocycles. The summed E-state index contributed by atoms with van der Waals surface area (Å²) in [5.74, 6) is 0. The fourth-order valence-corrected chi connectivity index (χ4v) is 0.759. The third-order valence-corrected chi connectivity index (χ3v) is 1.20. The number of nitrogens with one attached hydrogen (secondary N) is 1. The zero-order valence-electron chi connectivity index (χ0n) is 5.42. The smallest absolute Gasteiger partial charge is 0.115 e. The Labute approximate surface area is 57.0 Å². The zero-order valence-corrected chi connectivity index (χ0v) is 6.23. The van der Waals surface area contributed by atoms with Crippen molar-refractivity contribution in [1.82, 2.24) is 4.72 Å². The van der Waals surface area contributed by atoms with Crippen molar-refractivity contribution in [1.29, 1.82) is 0 Å². The summed E-state index contributed by atoms with van der Waals surface area (Å²) in [5.41, 5.74) is 0. The van der Waals surface area contributed by atoms with Crippen LogP contribution in [0.4, 0.5) is 0 Å². The summed E-state index contributed by atoms with van der Waals surface area (Å²) in [6.45, 7) is 3.93. The van der Waals surface area contributed by atoms with Crippen LogP contribution in [0.1, 0.15) is 13.8 Å². The summed E-state index contributed by atoms with van der Waals surface area (Å²) in [6, 6.07) is 0. The van der Waals surface area contributed by atoms with Crippen molar-refractivity contribution in [2.45, 2.75) is 20.1 Å². The highest BCUT2D eigenvalue weighted by atomic mass is 32.2. The molecule has 0 amide bonds. The average Bonchev–Trinajstić information content (AvgIpc) is 1.63. The monoisotopic (exact) mass is 152 g/mol. The Kier molecular flexibility index (Phi) is 4.88. The van der Waals surface area contributed by atoms with Crippen LogP contribution in [-0.2, 0) is 16.0 Å². The van der Waals surface area contributed by atoms with E-state index in [0.29, 0.717) is 6.61 Å². The molecule has 0 aromatic heterocycles. The molecule has 0 aliphatic carbocycles. The lowest BCUT2D eigenvalue weighted by molar-refractivity contribution is 0.0685. The Morgan fingerprint density at radius 2 is 2.44 bits per heavy atom. The number of hydrogen-bond acceptors (Lipinski definition) is 3. The fraction of sp³-hybridized carbons (Fsp3) is 1.00. The molecule has 0 fully saturated rings. The molecule has 0 heterocycles. The first-order valence-corrected chi connectivity index (χ1v) is 3.71. The van der Waals surface area contributed by atoms with Crippen LogP contribution in [0, 0.1) is 0 Å². The van der Waals surface area contributed by atoms with E-state index in [1.807, 2.05) is 0 Å². The van der Waals surface area contributed by atoms with Gasteiger partial charge in [-0.25, -0.2) is 4.72 Å². The van der Waals surface area contributed by atoms with Gasteiger partial charge in [0.15, 0.2) is 0 Å². The predicted molar refractivity (Wildman–Crippen MR) is 33.1 cm³/mol. The van der Waals surface area contributed by atoms with Gasteiger partial charge in [-0.15, -0.1) is 0 Å². The summed E-state index contributed by atoms with van der Waals surface area (Å²) in [5, 5.41) is 0. The number of rotatable bonds is 4. The van der Waals surface area contributed by atoms with Crippen molar-refractivity contribution in [2.75, 3.05) is 6.61 Å². The molecule has 0 rings (SSSR count). The standard InChI is InChI=1S/C4H11NO3S/c1-3-8-4(2)5-9(6)7/h4-5H,3H2,1-2H3,(H,6,7)/p-1. The lowest BCUT2D eigenvalue weighted by Gasteiger charge is -2.14. The van der Waals surface area contributed by atoms with Crippen LogP contribution in [0.2, 0.25) is 0 Å². The van der Waals surface area contributed by atoms with Gasteiger partial charge in [0.1, 0.15) is 6.23 Å². The highest BCUT2D eigenvalue weighted by Gasteiger charge is 1.95. The van der Waals surface area contributed by atoms with Gasteiger partial charge in [0.25, 0.3) is 0 Å². The zero-order chi connectivity index (χ0) is 7.28. The Bertz CT molecular complexity index is 97.8. The second-order valence-corrected chi connectivity index (χ2v) is 2.16. The molecule has 4 nitrogen and oxygen atoms in total. The molecule has 1 N–H and O–H groups in total. The van der Waals surface area contributed by atoms with Crippen molar-refractivity contribution in [3.05, 3.63) is 0 Å². The highest BCUT2D eigenvalue weighted by molar-refractivity contribution is 7.77. The minimum atomic E-state index is -2.22. The van der Waals surface area contributed by atoms with Crippen molar-refractivity contribution in [2.24, 2.45) is 0 Å². The first-order chi connectivity index (χ1) is 4.16. The minimum absolute atomic E-state index is 0.423. The van der Waals surface area contributed by atoms with E-state index >= 15 is 0 Å². The van der Waals surface area contributed by atoms with Gasteiger partial charge in [-0.3, -0.25) is 4.21 Å². The van der Waals surface area contributed by atoms with Gasteiger partial charge in [-0.05, 0) is 13.8 Å². The number of ether oxygens (including phenoxy) is 1. The molecule has 0 bridgehead atoms. The molecule has 9 heavy (non-hydrogen) atoms. The summed E-state index contributed by atoms with van der Waals surface area (Å²) < 4.78 is 26.8. The van der Waals surface area contributed by atoms with Crippen LogP contribution in [0.3, 0.4) is 0 Å². The molecule has 5 heteroatoms. The van der Waals surface area contributed by atoms with Gasteiger partial charge in [-0.2, -0.15) is 0 Å². The summed E-state index contributed by atoms with van der Waals surface area (Å²) in [7, 11) is 0. The Morgan fingerprint density at radius 1 is 1.89 bits per heavy atom. The molecule has 0 aromatic carbocycles. The van der Waals surface area contributed by atoms with Crippen molar-refractivity contribution in [3.8, 4) is 0 Å². The molecule has 0 aliphatic rings. The van der Waals surface area contributed by atoms with E-state index in [9.17, 15) is 8.76 Å². The van der Waals surface area contributed by atoms with Crippen molar-refractivity contribution < 1.29 is 13.5 Å². The maximum absolute atomic E-state index is 9.89. The lowest BCUT2D eigenvalue weighted by atomic mass is 10.7. The first-order valence-electron chi connectivity index (χ1n) is 2.63. The number of hydrogen-bond donors (Lipinski definition) is 1. The van der Waals surface area contributed by atoms with Crippen LogP contribution in [0.5, 0.6) is 0 Å². The van der Waals surface area contributed by atoms with Crippen molar-refractivity contribution in [3.63, 3.8) is 0 Å². The molecule has 0 spiro atoms. The third kappa shape index (κ3) is 5.91. The maximum Gasteiger partial charge on any atom is 0.115 e. The molecule has 0 saturated carbocycles. The third-order valence-electron chi connectivity index (χ3n) is 0.679. The molecule has 2 unspecified atom stereocenters. The lowest BCUT2D eigenvalue weighted by Crippen LogP contribution is -2.30. The van der Waals surface area contributed by atoms with Gasteiger partial charge in [0.05, 0.1) is 0 Å². The molecular formula is C4H10NO3S-. The van der Waals surface area contributed by atoms with E-state index in [2.05, 4.69) is 4.72 Å². The van der Waals surface area contributed by atoms with Gasteiger partial charge in [0, 0.05) is 17.9 Å². The van der Waals surface area contributed by atoms with Gasteiger partial charge < -0.3 is 9.29 Å². The Morgan fingerprint density at radius 3 is 2.78 bits per heavy atom. The topological polar surface area (TPSA) is 61.4 Å². The van der Waals surface area contributed by atoms with E-state index in [1.165, 1.54) is 0 Å². The van der Waals surface area contributed by atoms with E-state index in [-0.39, 0.29) is 0 Å². The highest BCUT2D eigenvalue weighted by Crippen LogP contribution is 1.83. The molecule has 0 radical (unpaired) electrons. The Hall–Kier alpha value is 0.0300. The second kappa shape index (κ2) is 4.87. The second-order valence-electron chi connectivity index (χ2n) is 1.45. The minimum Gasteiger partial charge on any atom is -0.760 e. The van der Waals surface area contributed by atoms with Crippen LogP contribution in [-0.4, -0.2) is 21.6 Å². The van der Waals surface area contributed by atoms with E-state index in [4.69, 9.17) is 4.74 Å². The van der Waals surface area contributed by atoms with Gasteiger partial charge >= 0.3 is 0 Å². The van der Waals surface area contributed by atoms with Gasteiger partial charge in [0.2, 0.25) is 0 Å². The molecule has 0 saturated heterocycles. The van der Waals surface area contributed by atoms with E-state index in [1.54, 1.807) is 13.8 Å². The van der Waals surface area contributed by atoms with Crippen molar-refractivity contribution >= 4 is 11.3 Å². The van der Waals surface area contributed by atoms with Crippen LogP contribution >= 0.6 is 0 Å². The molecule has 56 valence electrons. The summed E-state index contributed by atoms with van der Waals surface area (Å²) in [4.78, 5) is 0. The summed E-state index contributed by atoms with van der Waals surface area (Å²) in [6.07, 6.45) is -0.423. The van der Waals surface area contributed by atoms with E-state index in [0.717, 1.165) is 0 Å². The Balaban J connectivity index is 3.26.